The Balaban J connectivity index is 1.44. The van der Waals surface area contributed by atoms with Crippen molar-refractivity contribution in [2.75, 3.05) is 26.2 Å². The lowest BCUT2D eigenvalue weighted by atomic mass is 10.2. The Morgan fingerprint density at radius 1 is 1.14 bits per heavy atom. The number of amidine groups is 1. The molecule has 0 atom stereocenters. The number of hydrogen-bond donors (Lipinski definition) is 0. The van der Waals surface area contributed by atoms with Crippen LogP contribution in [0.3, 0.4) is 0 Å². The summed E-state index contributed by atoms with van der Waals surface area (Å²) in [6.07, 6.45) is 1.67. The minimum atomic E-state index is -0.306. The van der Waals surface area contributed by atoms with Crippen molar-refractivity contribution < 1.29 is 18.4 Å². The molecule has 3 heterocycles. The molecule has 0 saturated carbocycles. The van der Waals surface area contributed by atoms with Gasteiger partial charge in [-0.05, 0) is 48.2 Å². The summed E-state index contributed by atoms with van der Waals surface area (Å²) in [5.41, 5.74) is 0.761. The minimum absolute atomic E-state index is 0.0621. The van der Waals surface area contributed by atoms with Crippen molar-refractivity contribution in [1.29, 1.82) is 0 Å². The highest BCUT2D eigenvalue weighted by molar-refractivity contribution is 8.18. The zero-order valence-electron chi connectivity index (χ0n) is 15.2. The average Bonchev–Trinajstić information content (AvgIpc) is 3.30. The number of carbonyl (C=O) groups excluding carboxylic acids is 2. The van der Waals surface area contributed by atoms with E-state index in [2.05, 4.69) is 4.99 Å². The molecule has 2 amide bonds. The standard InChI is InChI=1S/C20H18FN3O3S/c1-13(25)23-8-10-24(11-9-23)20-22-19(26)18(28-20)12-16-6-7-17(27-16)14-2-4-15(21)5-3-14/h2-7,12H,8-11H2,1H3. The lowest BCUT2D eigenvalue weighted by Crippen LogP contribution is -2.49. The second-order valence-corrected chi connectivity index (χ2v) is 7.52. The van der Waals surface area contributed by atoms with Gasteiger partial charge in [-0.1, -0.05) is 0 Å². The van der Waals surface area contributed by atoms with Crippen LogP contribution < -0.4 is 0 Å². The molecule has 2 aromatic rings. The Kier molecular flexibility index (Phi) is 5.04. The highest BCUT2D eigenvalue weighted by Gasteiger charge is 2.29. The summed E-state index contributed by atoms with van der Waals surface area (Å²) < 4.78 is 18.8. The second kappa shape index (κ2) is 7.63. The van der Waals surface area contributed by atoms with Gasteiger partial charge in [-0.3, -0.25) is 9.59 Å². The van der Waals surface area contributed by atoms with Crippen LogP contribution in [0, 0.1) is 5.82 Å². The van der Waals surface area contributed by atoms with Gasteiger partial charge in [0, 0.05) is 44.7 Å². The van der Waals surface area contributed by atoms with E-state index in [-0.39, 0.29) is 17.6 Å². The van der Waals surface area contributed by atoms with Crippen molar-refractivity contribution >= 4 is 34.8 Å². The molecule has 2 aliphatic heterocycles. The molecule has 0 N–H and O–H groups in total. The molecule has 0 bridgehead atoms. The summed E-state index contributed by atoms with van der Waals surface area (Å²) >= 11 is 1.31. The van der Waals surface area contributed by atoms with Crippen molar-refractivity contribution in [3.05, 3.63) is 52.9 Å². The van der Waals surface area contributed by atoms with Gasteiger partial charge in [-0.15, -0.1) is 0 Å². The van der Waals surface area contributed by atoms with Gasteiger partial charge in [0.2, 0.25) is 5.91 Å². The number of amides is 2. The van der Waals surface area contributed by atoms with Crippen molar-refractivity contribution in [3.63, 3.8) is 0 Å². The van der Waals surface area contributed by atoms with Gasteiger partial charge in [0.05, 0.1) is 4.91 Å². The number of carbonyl (C=O) groups is 2. The highest BCUT2D eigenvalue weighted by atomic mass is 32.2. The fourth-order valence-corrected chi connectivity index (χ4v) is 4.02. The topological polar surface area (TPSA) is 66.1 Å². The van der Waals surface area contributed by atoms with E-state index in [1.807, 2.05) is 4.90 Å². The molecule has 1 aromatic heterocycles. The second-order valence-electron chi connectivity index (χ2n) is 6.51. The maximum atomic E-state index is 13.1. The van der Waals surface area contributed by atoms with Gasteiger partial charge in [-0.25, -0.2) is 4.39 Å². The van der Waals surface area contributed by atoms with Gasteiger partial charge in [0.1, 0.15) is 17.3 Å². The fourth-order valence-electron chi connectivity index (χ4n) is 3.07. The van der Waals surface area contributed by atoms with Crippen LogP contribution in [0.25, 0.3) is 17.4 Å². The third-order valence-electron chi connectivity index (χ3n) is 4.63. The van der Waals surface area contributed by atoms with Gasteiger partial charge < -0.3 is 14.2 Å². The first kappa shape index (κ1) is 18.5. The molecular weight excluding hydrogens is 381 g/mol. The van der Waals surface area contributed by atoms with Crippen molar-refractivity contribution in [3.8, 4) is 11.3 Å². The Morgan fingerprint density at radius 3 is 2.54 bits per heavy atom. The van der Waals surface area contributed by atoms with Crippen LogP contribution in [0.1, 0.15) is 12.7 Å². The van der Waals surface area contributed by atoms with E-state index in [9.17, 15) is 14.0 Å². The molecule has 28 heavy (non-hydrogen) atoms. The number of nitrogens with zero attached hydrogens (tertiary/aromatic N) is 3. The third kappa shape index (κ3) is 3.87. The Hall–Kier alpha value is -2.87. The number of rotatable bonds is 2. The number of hydrogen-bond acceptors (Lipinski definition) is 5. The molecule has 0 aliphatic carbocycles. The molecule has 2 aliphatic rings. The normalized spacial score (nSPS) is 18.7. The molecule has 0 spiro atoms. The van der Waals surface area contributed by atoms with Gasteiger partial charge in [-0.2, -0.15) is 4.99 Å². The zero-order chi connectivity index (χ0) is 19.7. The van der Waals surface area contributed by atoms with Crippen LogP contribution in [-0.4, -0.2) is 53.0 Å². The molecule has 6 nitrogen and oxygen atoms in total. The van der Waals surface area contributed by atoms with E-state index in [1.165, 1.54) is 23.9 Å². The number of thioether (sulfide) groups is 1. The van der Waals surface area contributed by atoms with E-state index < -0.39 is 0 Å². The van der Waals surface area contributed by atoms with E-state index in [1.54, 1.807) is 42.2 Å². The smallest absolute Gasteiger partial charge is 0.286 e. The summed E-state index contributed by atoms with van der Waals surface area (Å²) in [5.74, 6) is 0.595. The van der Waals surface area contributed by atoms with Crippen molar-refractivity contribution in [1.82, 2.24) is 9.80 Å². The number of furan rings is 1. The molecule has 1 aromatic carbocycles. The first-order valence-electron chi connectivity index (χ1n) is 8.88. The van der Waals surface area contributed by atoms with Gasteiger partial charge in [0.15, 0.2) is 5.17 Å². The van der Waals surface area contributed by atoms with E-state index >= 15 is 0 Å². The number of piperazine rings is 1. The molecular formula is C20H18FN3O3S. The molecule has 8 heteroatoms. The molecule has 0 radical (unpaired) electrons. The first-order valence-corrected chi connectivity index (χ1v) is 9.70. The quantitative estimate of drug-likeness (QED) is 0.726. The largest absolute Gasteiger partial charge is 0.457 e. The molecule has 144 valence electrons. The summed E-state index contributed by atoms with van der Waals surface area (Å²) in [6, 6.07) is 9.58. The Labute approximate surface area is 165 Å². The summed E-state index contributed by atoms with van der Waals surface area (Å²) in [7, 11) is 0. The summed E-state index contributed by atoms with van der Waals surface area (Å²) in [5, 5.41) is 0.657. The molecule has 0 unspecified atom stereocenters. The van der Waals surface area contributed by atoms with Crippen LogP contribution in [-0.2, 0) is 9.59 Å². The SMILES string of the molecule is CC(=O)N1CCN(C2=NC(=O)C(=Cc3ccc(-c4ccc(F)cc4)o3)S2)CC1. The Morgan fingerprint density at radius 2 is 1.86 bits per heavy atom. The van der Waals surface area contributed by atoms with Crippen molar-refractivity contribution in [2.24, 2.45) is 4.99 Å². The van der Waals surface area contributed by atoms with Crippen molar-refractivity contribution in [2.45, 2.75) is 6.92 Å². The van der Waals surface area contributed by atoms with Crippen LogP contribution in [0.2, 0.25) is 0 Å². The predicted molar refractivity (Wildman–Crippen MR) is 106 cm³/mol. The maximum absolute atomic E-state index is 13.1. The van der Waals surface area contributed by atoms with E-state index in [4.69, 9.17) is 4.42 Å². The number of benzene rings is 1. The van der Waals surface area contributed by atoms with Crippen LogP contribution in [0.4, 0.5) is 4.39 Å². The zero-order valence-corrected chi connectivity index (χ0v) is 16.0. The first-order chi connectivity index (χ1) is 13.5. The highest BCUT2D eigenvalue weighted by Crippen LogP contribution is 2.32. The molecule has 4 rings (SSSR count). The molecule has 1 saturated heterocycles. The third-order valence-corrected chi connectivity index (χ3v) is 5.68. The minimum Gasteiger partial charge on any atom is -0.457 e. The predicted octanol–water partition coefficient (Wildman–Crippen LogP) is 3.22. The van der Waals surface area contributed by atoms with Crippen LogP contribution >= 0.6 is 11.8 Å². The number of halogens is 1. The van der Waals surface area contributed by atoms with Gasteiger partial charge in [0.25, 0.3) is 5.91 Å². The summed E-state index contributed by atoms with van der Waals surface area (Å²) in [4.78, 5) is 32.1. The average molecular weight is 399 g/mol. The summed E-state index contributed by atoms with van der Waals surface area (Å²) in [6.45, 7) is 4.12. The van der Waals surface area contributed by atoms with E-state index in [0.717, 1.165) is 5.56 Å². The monoisotopic (exact) mass is 399 g/mol. The molecule has 1 fully saturated rings. The lowest BCUT2D eigenvalue weighted by Gasteiger charge is -2.34. The fraction of sp³-hybridized carbons (Fsp3) is 0.250. The van der Waals surface area contributed by atoms with Crippen LogP contribution in [0.5, 0.6) is 0 Å². The maximum Gasteiger partial charge on any atom is 0.286 e. The lowest BCUT2D eigenvalue weighted by molar-refractivity contribution is -0.130. The Bertz CT molecular complexity index is 973. The van der Waals surface area contributed by atoms with E-state index in [0.29, 0.717) is 47.8 Å². The van der Waals surface area contributed by atoms with Crippen LogP contribution in [0.15, 0.2) is 50.7 Å². The number of aliphatic imine (C=N–C) groups is 1. The van der Waals surface area contributed by atoms with Gasteiger partial charge >= 0.3 is 0 Å².